The molecule has 1 aliphatic rings. The van der Waals surface area contributed by atoms with E-state index in [4.69, 9.17) is 10.6 Å². The molecule has 0 unspecified atom stereocenters. The highest BCUT2D eigenvalue weighted by molar-refractivity contribution is 5.79. The zero-order chi connectivity index (χ0) is 13.7. The van der Waals surface area contributed by atoms with Crippen LogP contribution in [0.5, 0.6) is 0 Å². The topological polar surface area (TPSA) is 84.7 Å². The summed E-state index contributed by atoms with van der Waals surface area (Å²) in [5, 5.41) is 0. The molecule has 19 heavy (non-hydrogen) atoms. The van der Waals surface area contributed by atoms with Crippen LogP contribution in [0.25, 0.3) is 0 Å². The van der Waals surface area contributed by atoms with Crippen molar-refractivity contribution in [2.45, 2.75) is 13.0 Å². The Hall–Kier alpha value is -2.08. The first-order valence-electron chi connectivity index (χ1n) is 6.17. The van der Waals surface area contributed by atoms with Crippen LogP contribution in [0.4, 0.5) is 4.79 Å². The molecule has 0 spiro atoms. The Morgan fingerprint density at radius 3 is 2.79 bits per heavy atom. The number of likely N-dealkylation sites (tertiary alicyclic amines) is 1. The molecule has 1 aromatic rings. The van der Waals surface area contributed by atoms with Crippen molar-refractivity contribution in [3.63, 3.8) is 0 Å². The van der Waals surface area contributed by atoms with Gasteiger partial charge in [-0.15, -0.1) is 0 Å². The highest BCUT2D eigenvalue weighted by atomic mass is 16.6. The lowest BCUT2D eigenvalue weighted by molar-refractivity contribution is -0.124. The molecule has 102 valence electrons. The Morgan fingerprint density at radius 2 is 2.11 bits per heavy atom. The zero-order valence-electron chi connectivity index (χ0n) is 10.5. The van der Waals surface area contributed by atoms with E-state index < -0.39 is 6.09 Å². The summed E-state index contributed by atoms with van der Waals surface area (Å²) < 4.78 is 5.20. The number of hydrogen-bond acceptors (Lipinski definition) is 4. The number of rotatable bonds is 3. The van der Waals surface area contributed by atoms with Gasteiger partial charge >= 0.3 is 6.09 Å². The molecular weight excluding hydrogens is 246 g/mol. The Morgan fingerprint density at radius 1 is 1.37 bits per heavy atom. The van der Waals surface area contributed by atoms with E-state index in [2.05, 4.69) is 5.43 Å². The number of nitrogens with two attached hydrogens (primary N) is 1. The summed E-state index contributed by atoms with van der Waals surface area (Å²) in [5.41, 5.74) is 3.04. The van der Waals surface area contributed by atoms with E-state index in [0.717, 1.165) is 5.56 Å². The number of hydrazine groups is 1. The Balaban J connectivity index is 1.80. The van der Waals surface area contributed by atoms with Gasteiger partial charge in [-0.25, -0.2) is 10.6 Å². The van der Waals surface area contributed by atoms with Gasteiger partial charge in [-0.1, -0.05) is 30.3 Å². The number of nitrogens with one attached hydrogen (secondary N) is 1. The van der Waals surface area contributed by atoms with E-state index in [-0.39, 0.29) is 18.4 Å². The zero-order valence-corrected chi connectivity index (χ0v) is 10.5. The van der Waals surface area contributed by atoms with Crippen molar-refractivity contribution in [3.05, 3.63) is 35.9 Å². The van der Waals surface area contributed by atoms with Gasteiger partial charge in [-0.05, 0) is 12.0 Å². The van der Waals surface area contributed by atoms with E-state index in [1.807, 2.05) is 30.3 Å². The highest BCUT2D eigenvalue weighted by Gasteiger charge is 2.31. The molecule has 1 aliphatic heterocycles. The summed E-state index contributed by atoms with van der Waals surface area (Å²) in [6.07, 6.45) is 0.222. The molecule has 2 amide bonds. The fraction of sp³-hybridized carbons (Fsp3) is 0.385. The molecule has 3 N–H and O–H groups in total. The van der Waals surface area contributed by atoms with Crippen LogP contribution in [-0.4, -0.2) is 30.0 Å². The number of carbonyl (C=O) groups is 2. The van der Waals surface area contributed by atoms with Gasteiger partial charge in [0.05, 0.1) is 5.92 Å². The lowest BCUT2D eigenvalue weighted by Crippen LogP contribution is -2.38. The van der Waals surface area contributed by atoms with Gasteiger partial charge in [-0.3, -0.25) is 10.2 Å². The predicted molar refractivity (Wildman–Crippen MR) is 68.6 cm³/mol. The fourth-order valence-corrected chi connectivity index (χ4v) is 2.07. The SMILES string of the molecule is NNC(=O)[C@H]1CCN(C(=O)OCc2ccccc2)C1. The van der Waals surface area contributed by atoms with Crippen LogP contribution in [0.1, 0.15) is 12.0 Å². The fourth-order valence-electron chi connectivity index (χ4n) is 2.07. The van der Waals surface area contributed by atoms with Crippen molar-refractivity contribution in [3.8, 4) is 0 Å². The molecule has 0 saturated carbocycles. The normalized spacial score (nSPS) is 18.2. The molecule has 1 fully saturated rings. The standard InChI is InChI=1S/C13H17N3O3/c14-15-12(17)11-6-7-16(8-11)13(18)19-9-10-4-2-1-3-5-10/h1-5,11H,6-9,14H2,(H,15,17)/t11-/m0/s1. The van der Waals surface area contributed by atoms with E-state index in [9.17, 15) is 9.59 Å². The molecule has 0 bridgehead atoms. The third kappa shape index (κ3) is 3.45. The van der Waals surface area contributed by atoms with Crippen molar-refractivity contribution in [1.29, 1.82) is 0 Å². The van der Waals surface area contributed by atoms with E-state index >= 15 is 0 Å². The van der Waals surface area contributed by atoms with Gasteiger partial charge in [0, 0.05) is 13.1 Å². The molecule has 1 saturated heterocycles. The minimum atomic E-state index is -0.392. The van der Waals surface area contributed by atoms with Gasteiger partial charge in [0.1, 0.15) is 6.61 Å². The Labute approximate surface area is 111 Å². The quantitative estimate of drug-likeness (QED) is 0.476. The largest absolute Gasteiger partial charge is 0.445 e. The number of ether oxygens (including phenoxy) is 1. The van der Waals surface area contributed by atoms with Gasteiger partial charge in [0.25, 0.3) is 0 Å². The molecule has 6 heteroatoms. The molecule has 0 radical (unpaired) electrons. The van der Waals surface area contributed by atoms with Crippen LogP contribution in [0, 0.1) is 5.92 Å². The number of benzene rings is 1. The van der Waals surface area contributed by atoms with Crippen molar-refractivity contribution < 1.29 is 14.3 Å². The Bertz CT molecular complexity index is 450. The van der Waals surface area contributed by atoms with Crippen molar-refractivity contribution >= 4 is 12.0 Å². The second-order valence-electron chi connectivity index (χ2n) is 4.48. The number of hydrogen-bond donors (Lipinski definition) is 2. The second-order valence-corrected chi connectivity index (χ2v) is 4.48. The third-order valence-corrected chi connectivity index (χ3v) is 3.16. The molecule has 1 atom stereocenters. The highest BCUT2D eigenvalue weighted by Crippen LogP contribution is 2.17. The van der Waals surface area contributed by atoms with Crippen LogP contribution in [0.2, 0.25) is 0 Å². The first kappa shape index (κ1) is 13.4. The maximum absolute atomic E-state index is 11.8. The van der Waals surface area contributed by atoms with Crippen molar-refractivity contribution in [2.24, 2.45) is 11.8 Å². The first-order chi connectivity index (χ1) is 9.20. The third-order valence-electron chi connectivity index (χ3n) is 3.16. The van der Waals surface area contributed by atoms with E-state index in [1.165, 1.54) is 4.90 Å². The average Bonchev–Trinajstić information content (AvgIpc) is 2.95. The van der Waals surface area contributed by atoms with Crippen LogP contribution in [-0.2, 0) is 16.1 Å². The van der Waals surface area contributed by atoms with Gasteiger partial charge in [0.15, 0.2) is 0 Å². The lowest BCUT2D eigenvalue weighted by atomic mass is 10.1. The van der Waals surface area contributed by atoms with Crippen LogP contribution in [0.15, 0.2) is 30.3 Å². The molecule has 1 heterocycles. The molecule has 0 aliphatic carbocycles. The summed E-state index contributed by atoms with van der Waals surface area (Å²) >= 11 is 0. The minimum Gasteiger partial charge on any atom is -0.445 e. The van der Waals surface area contributed by atoms with Crippen LogP contribution < -0.4 is 11.3 Å². The summed E-state index contributed by atoms with van der Waals surface area (Å²) in [6, 6.07) is 9.47. The average molecular weight is 263 g/mol. The van der Waals surface area contributed by atoms with Crippen LogP contribution in [0.3, 0.4) is 0 Å². The predicted octanol–water partition coefficient (Wildman–Crippen LogP) is 0.635. The molecule has 0 aromatic heterocycles. The minimum absolute atomic E-state index is 0.238. The van der Waals surface area contributed by atoms with Crippen molar-refractivity contribution in [2.75, 3.05) is 13.1 Å². The number of nitrogens with zero attached hydrogens (tertiary/aromatic N) is 1. The molecule has 2 rings (SSSR count). The lowest BCUT2D eigenvalue weighted by Gasteiger charge is -2.16. The van der Waals surface area contributed by atoms with E-state index in [1.54, 1.807) is 0 Å². The van der Waals surface area contributed by atoms with Crippen LogP contribution >= 0.6 is 0 Å². The summed E-state index contributed by atoms with van der Waals surface area (Å²) in [6.45, 7) is 1.12. The van der Waals surface area contributed by atoms with Crippen molar-refractivity contribution in [1.82, 2.24) is 10.3 Å². The maximum Gasteiger partial charge on any atom is 0.410 e. The first-order valence-corrected chi connectivity index (χ1v) is 6.17. The van der Waals surface area contributed by atoms with Gasteiger partial charge in [0.2, 0.25) is 5.91 Å². The van der Waals surface area contributed by atoms with Gasteiger partial charge in [-0.2, -0.15) is 0 Å². The molecule has 6 nitrogen and oxygen atoms in total. The smallest absolute Gasteiger partial charge is 0.410 e. The Kier molecular flexibility index (Phi) is 4.35. The number of amides is 2. The van der Waals surface area contributed by atoms with Gasteiger partial charge < -0.3 is 9.64 Å². The maximum atomic E-state index is 11.8. The summed E-state index contributed by atoms with van der Waals surface area (Å²) in [5.74, 6) is 4.59. The number of carbonyl (C=O) groups excluding carboxylic acids is 2. The van der Waals surface area contributed by atoms with E-state index in [0.29, 0.717) is 19.5 Å². The molecule has 1 aromatic carbocycles. The summed E-state index contributed by atoms with van der Waals surface area (Å²) in [4.78, 5) is 24.7. The monoisotopic (exact) mass is 263 g/mol. The molecular formula is C13H17N3O3. The second kappa shape index (κ2) is 6.19. The summed E-state index contributed by atoms with van der Waals surface area (Å²) in [7, 11) is 0.